The van der Waals surface area contributed by atoms with E-state index in [4.69, 9.17) is 9.47 Å². The molecule has 2 aliphatic rings. The first-order chi connectivity index (χ1) is 9.24. The lowest BCUT2D eigenvalue weighted by atomic mass is 10.1. The quantitative estimate of drug-likeness (QED) is 0.822. The summed E-state index contributed by atoms with van der Waals surface area (Å²) in [7, 11) is 3.16. The summed E-state index contributed by atoms with van der Waals surface area (Å²) < 4.78 is 10.5. The zero-order chi connectivity index (χ0) is 13.4. The molecule has 0 aliphatic carbocycles. The van der Waals surface area contributed by atoms with E-state index in [1.54, 1.807) is 20.3 Å². The van der Waals surface area contributed by atoms with Gasteiger partial charge in [-0.3, -0.25) is 4.79 Å². The van der Waals surface area contributed by atoms with Crippen molar-refractivity contribution in [3.05, 3.63) is 17.7 Å². The molecule has 1 N–H and O–H groups in total. The Bertz CT molecular complexity index is 554. The summed E-state index contributed by atoms with van der Waals surface area (Å²) in [6.07, 6.45) is 4.06. The molecular weight excluding hydrogens is 244 g/mol. The SMILES string of the molecule is COc1cc2c(cc1OC)C(=O)N1CCC[C@H]1C=[NH+]2. The summed E-state index contributed by atoms with van der Waals surface area (Å²) in [5, 5.41) is 0. The van der Waals surface area contributed by atoms with Crippen molar-refractivity contribution in [2.75, 3.05) is 20.8 Å². The number of fused-ring (bicyclic) bond motifs is 2. The van der Waals surface area contributed by atoms with E-state index in [-0.39, 0.29) is 11.9 Å². The molecule has 0 spiro atoms. The lowest BCUT2D eigenvalue weighted by Crippen LogP contribution is -2.63. The Balaban J connectivity index is 2.12. The van der Waals surface area contributed by atoms with Crippen LogP contribution in [0.2, 0.25) is 0 Å². The van der Waals surface area contributed by atoms with Crippen molar-refractivity contribution in [3.8, 4) is 11.5 Å². The van der Waals surface area contributed by atoms with Crippen molar-refractivity contribution in [2.24, 2.45) is 0 Å². The van der Waals surface area contributed by atoms with Crippen LogP contribution in [0, 0.1) is 0 Å². The Hall–Kier alpha value is -2.04. The topological polar surface area (TPSA) is 52.7 Å². The number of hydrogen-bond acceptors (Lipinski definition) is 3. The highest BCUT2D eigenvalue weighted by Crippen LogP contribution is 2.33. The first-order valence-electron chi connectivity index (χ1n) is 6.41. The first kappa shape index (κ1) is 12.0. The van der Waals surface area contributed by atoms with Gasteiger partial charge in [0.25, 0.3) is 5.91 Å². The van der Waals surface area contributed by atoms with Gasteiger partial charge in [0.1, 0.15) is 11.6 Å². The number of amides is 1. The average molecular weight is 261 g/mol. The first-order valence-corrected chi connectivity index (χ1v) is 6.41. The van der Waals surface area contributed by atoms with E-state index in [2.05, 4.69) is 4.99 Å². The number of nitrogens with zero attached hydrogens (tertiary/aromatic N) is 1. The minimum absolute atomic E-state index is 0.0553. The summed E-state index contributed by atoms with van der Waals surface area (Å²) in [4.78, 5) is 17.7. The van der Waals surface area contributed by atoms with E-state index in [9.17, 15) is 4.79 Å². The van der Waals surface area contributed by atoms with E-state index in [1.165, 1.54) is 0 Å². The lowest BCUT2D eigenvalue weighted by molar-refractivity contribution is -0.349. The monoisotopic (exact) mass is 261 g/mol. The minimum Gasteiger partial charge on any atom is -0.493 e. The Morgan fingerprint density at radius 2 is 2.00 bits per heavy atom. The predicted octanol–water partition coefficient (Wildman–Crippen LogP) is 0.105. The number of methoxy groups -OCH3 is 2. The van der Waals surface area contributed by atoms with Crippen molar-refractivity contribution < 1.29 is 19.3 Å². The molecule has 5 nitrogen and oxygen atoms in total. The zero-order valence-electron chi connectivity index (χ0n) is 11.1. The second-order valence-electron chi connectivity index (χ2n) is 4.77. The van der Waals surface area contributed by atoms with Crippen LogP contribution in [-0.2, 0) is 0 Å². The number of rotatable bonds is 2. The van der Waals surface area contributed by atoms with E-state index < -0.39 is 0 Å². The van der Waals surface area contributed by atoms with Crippen molar-refractivity contribution in [1.82, 2.24) is 4.90 Å². The molecule has 1 fully saturated rings. The van der Waals surface area contributed by atoms with Gasteiger partial charge in [0.15, 0.2) is 17.7 Å². The Labute approximate surface area is 111 Å². The van der Waals surface area contributed by atoms with Gasteiger partial charge in [-0.25, -0.2) is 4.99 Å². The molecule has 100 valence electrons. The molecule has 1 atom stereocenters. The maximum atomic E-state index is 12.6. The van der Waals surface area contributed by atoms with Crippen molar-refractivity contribution in [1.29, 1.82) is 0 Å². The molecule has 19 heavy (non-hydrogen) atoms. The number of carbonyl (C=O) groups is 1. The van der Waals surface area contributed by atoms with Crippen molar-refractivity contribution >= 4 is 17.8 Å². The molecule has 2 heterocycles. The molecule has 1 saturated heterocycles. The Kier molecular flexibility index (Phi) is 2.89. The van der Waals surface area contributed by atoms with E-state index in [0.717, 1.165) is 25.1 Å². The molecular formula is C14H17N2O3+. The number of carbonyl (C=O) groups excluding carboxylic acids is 1. The van der Waals surface area contributed by atoms with E-state index >= 15 is 0 Å². The van der Waals surface area contributed by atoms with Crippen LogP contribution in [0.25, 0.3) is 0 Å². The van der Waals surface area contributed by atoms with Crippen molar-refractivity contribution in [3.63, 3.8) is 0 Å². The smallest absolute Gasteiger partial charge is 0.261 e. The standard InChI is InChI=1S/C14H16N2O3/c1-18-12-6-10-11(7-13(12)19-2)15-8-9-4-3-5-16(9)14(10)17/h6-9H,3-5H2,1-2H3/p+1/t9-/m0/s1. The number of benzene rings is 1. The second-order valence-corrected chi connectivity index (χ2v) is 4.77. The fraction of sp³-hybridized carbons (Fsp3) is 0.429. The highest BCUT2D eigenvalue weighted by molar-refractivity contribution is 6.01. The van der Waals surface area contributed by atoms with Crippen LogP contribution in [0.3, 0.4) is 0 Å². The number of hydrogen-bond donors (Lipinski definition) is 1. The molecule has 2 aliphatic heterocycles. The van der Waals surface area contributed by atoms with Gasteiger partial charge in [-0.2, -0.15) is 0 Å². The minimum atomic E-state index is 0.0553. The Morgan fingerprint density at radius 1 is 1.26 bits per heavy atom. The van der Waals surface area contributed by atoms with Gasteiger partial charge in [-0.1, -0.05) is 0 Å². The predicted molar refractivity (Wildman–Crippen MR) is 70.3 cm³/mol. The van der Waals surface area contributed by atoms with Crippen LogP contribution in [0.5, 0.6) is 11.5 Å². The third kappa shape index (κ3) is 1.85. The molecule has 1 aromatic carbocycles. The Morgan fingerprint density at radius 3 is 2.74 bits per heavy atom. The number of nitrogens with one attached hydrogen (secondary N) is 1. The summed E-state index contributed by atoms with van der Waals surface area (Å²) in [6, 6.07) is 3.74. The summed E-state index contributed by atoms with van der Waals surface area (Å²) in [5.74, 6) is 1.26. The molecule has 0 aromatic heterocycles. The maximum absolute atomic E-state index is 12.6. The van der Waals surface area contributed by atoms with Gasteiger partial charge in [-0.15, -0.1) is 0 Å². The maximum Gasteiger partial charge on any atom is 0.261 e. The van der Waals surface area contributed by atoms with Crippen LogP contribution in [0.1, 0.15) is 23.2 Å². The van der Waals surface area contributed by atoms with Crippen LogP contribution in [-0.4, -0.2) is 43.8 Å². The summed E-state index contributed by atoms with van der Waals surface area (Å²) >= 11 is 0. The van der Waals surface area contributed by atoms with Crippen LogP contribution < -0.4 is 14.5 Å². The molecule has 0 bridgehead atoms. The normalized spacial score (nSPS) is 20.8. The fourth-order valence-corrected chi connectivity index (χ4v) is 2.73. The van der Waals surface area contributed by atoms with E-state index in [1.807, 2.05) is 17.2 Å². The molecule has 3 rings (SSSR count). The molecule has 1 amide bonds. The lowest BCUT2D eigenvalue weighted by Gasteiger charge is -2.18. The van der Waals surface area contributed by atoms with Gasteiger partial charge in [-0.05, 0) is 12.8 Å². The second kappa shape index (κ2) is 4.57. The highest BCUT2D eigenvalue weighted by Gasteiger charge is 2.35. The van der Waals surface area contributed by atoms with Gasteiger partial charge >= 0.3 is 0 Å². The van der Waals surface area contributed by atoms with Gasteiger partial charge in [0, 0.05) is 12.6 Å². The van der Waals surface area contributed by atoms with E-state index in [0.29, 0.717) is 17.1 Å². The molecule has 0 radical (unpaired) electrons. The fourth-order valence-electron chi connectivity index (χ4n) is 2.73. The largest absolute Gasteiger partial charge is 0.493 e. The summed E-state index contributed by atoms with van der Waals surface area (Å²) in [5.41, 5.74) is 1.41. The van der Waals surface area contributed by atoms with Crippen LogP contribution in [0.4, 0.5) is 5.69 Å². The van der Waals surface area contributed by atoms with Gasteiger partial charge < -0.3 is 14.4 Å². The summed E-state index contributed by atoms with van der Waals surface area (Å²) in [6.45, 7) is 0.815. The third-order valence-corrected chi connectivity index (χ3v) is 3.75. The average Bonchev–Trinajstić information content (AvgIpc) is 2.87. The third-order valence-electron chi connectivity index (χ3n) is 3.75. The molecule has 1 aromatic rings. The van der Waals surface area contributed by atoms with Gasteiger partial charge in [0.2, 0.25) is 5.69 Å². The molecule has 5 heteroatoms. The molecule has 0 unspecified atom stereocenters. The van der Waals surface area contributed by atoms with Crippen LogP contribution >= 0.6 is 0 Å². The number of ether oxygens (including phenoxy) is 2. The highest BCUT2D eigenvalue weighted by atomic mass is 16.5. The van der Waals surface area contributed by atoms with Gasteiger partial charge in [0.05, 0.1) is 20.3 Å². The zero-order valence-corrected chi connectivity index (χ0v) is 11.1. The van der Waals surface area contributed by atoms with Crippen molar-refractivity contribution in [2.45, 2.75) is 18.9 Å². The molecule has 0 saturated carbocycles. The van der Waals surface area contributed by atoms with Crippen LogP contribution in [0.15, 0.2) is 12.1 Å².